The van der Waals surface area contributed by atoms with Crippen molar-refractivity contribution in [2.75, 3.05) is 37.7 Å². The van der Waals surface area contributed by atoms with Crippen LogP contribution in [-0.4, -0.2) is 44.2 Å². The van der Waals surface area contributed by atoms with Gasteiger partial charge in [-0.3, -0.25) is 5.43 Å². The third-order valence-corrected chi connectivity index (χ3v) is 3.44. The van der Waals surface area contributed by atoms with E-state index in [4.69, 9.17) is 17.0 Å². The first-order valence-corrected chi connectivity index (χ1v) is 7.70. The van der Waals surface area contributed by atoms with Crippen LogP contribution in [0.3, 0.4) is 0 Å². The second-order valence-electron chi connectivity index (χ2n) is 5.20. The van der Waals surface area contributed by atoms with E-state index in [9.17, 15) is 0 Å². The van der Waals surface area contributed by atoms with Crippen LogP contribution in [0.2, 0.25) is 0 Å². The summed E-state index contributed by atoms with van der Waals surface area (Å²) in [6, 6.07) is 8.29. The SMILES string of the molecule is C=C(C)CNC(=S)NN=Cc1ccc(N2CCOCC2)cc1. The molecule has 2 rings (SSSR count). The van der Waals surface area contributed by atoms with Gasteiger partial charge in [-0.15, -0.1) is 0 Å². The quantitative estimate of drug-likeness (QED) is 0.376. The number of thiocarbonyl (C=S) groups is 1. The van der Waals surface area contributed by atoms with Gasteiger partial charge in [-0.05, 0) is 36.8 Å². The topological polar surface area (TPSA) is 48.9 Å². The highest BCUT2D eigenvalue weighted by atomic mass is 32.1. The minimum atomic E-state index is 0.490. The number of morpholine rings is 1. The number of benzene rings is 1. The Kier molecular flexibility index (Phi) is 6.36. The number of hydrogen-bond donors (Lipinski definition) is 2. The van der Waals surface area contributed by atoms with Crippen molar-refractivity contribution in [3.8, 4) is 0 Å². The molecule has 1 aliphatic rings. The predicted molar refractivity (Wildman–Crippen MR) is 95.6 cm³/mol. The fourth-order valence-electron chi connectivity index (χ4n) is 2.03. The van der Waals surface area contributed by atoms with E-state index in [0.717, 1.165) is 37.4 Å². The van der Waals surface area contributed by atoms with Crippen LogP contribution in [0.25, 0.3) is 0 Å². The monoisotopic (exact) mass is 318 g/mol. The number of hydrazone groups is 1. The highest BCUT2D eigenvalue weighted by Crippen LogP contribution is 2.15. The maximum Gasteiger partial charge on any atom is 0.187 e. The van der Waals surface area contributed by atoms with E-state index >= 15 is 0 Å². The van der Waals surface area contributed by atoms with Crippen molar-refractivity contribution >= 4 is 29.2 Å². The van der Waals surface area contributed by atoms with Crippen molar-refractivity contribution < 1.29 is 4.74 Å². The number of anilines is 1. The molecular weight excluding hydrogens is 296 g/mol. The maximum absolute atomic E-state index is 5.36. The van der Waals surface area contributed by atoms with Crippen LogP contribution in [0.5, 0.6) is 0 Å². The molecule has 1 saturated heterocycles. The van der Waals surface area contributed by atoms with Gasteiger partial charge in [0.15, 0.2) is 5.11 Å². The normalized spacial score (nSPS) is 14.9. The van der Waals surface area contributed by atoms with Crippen LogP contribution >= 0.6 is 12.2 Å². The lowest BCUT2D eigenvalue weighted by molar-refractivity contribution is 0.122. The standard InChI is InChI=1S/C16H22N4OS/c1-13(2)11-17-16(22)19-18-12-14-3-5-15(6-4-14)20-7-9-21-10-8-20/h3-6,12H,1,7-11H2,2H3,(H2,17,19,22). The first-order chi connectivity index (χ1) is 10.6. The van der Waals surface area contributed by atoms with E-state index in [1.54, 1.807) is 6.21 Å². The Morgan fingerprint density at radius 1 is 1.36 bits per heavy atom. The molecular formula is C16H22N4OS. The number of ether oxygens (including phenoxy) is 1. The Balaban J connectivity index is 1.81. The summed E-state index contributed by atoms with van der Waals surface area (Å²) in [7, 11) is 0. The summed E-state index contributed by atoms with van der Waals surface area (Å²) in [5.74, 6) is 0. The van der Waals surface area contributed by atoms with Crippen molar-refractivity contribution in [1.82, 2.24) is 10.7 Å². The zero-order valence-electron chi connectivity index (χ0n) is 12.8. The van der Waals surface area contributed by atoms with Crippen LogP contribution in [0.4, 0.5) is 5.69 Å². The summed E-state index contributed by atoms with van der Waals surface area (Å²) in [5.41, 5.74) is 6.04. The summed E-state index contributed by atoms with van der Waals surface area (Å²) < 4.78 is 5.36. The molecule has 0 unspecified atom stereocenters. The molecule has 0 atom stereocenters. The minimum absolute atomic E-state index is 0.490. The molecule has 0 spiro atoms. The van der Waals surface area contributed by atoms with Gasteiger partial charge >= 0.3 is 0 Å². The third-order valence-electron chi connectivity index (χ3n) is 3.20. The molecule has 0 amide bonds. The van der Waals surface area contributed by atoms with Crippen molar-refractivity contribution in [3.05, 3.63) is 42.0 Å². The Labute approximate surface area is 137 Å². The number of rotatable bonds is 5. The zero-order valence-corrected chi connectivity index (χ0v) is 13.7. The molecule has 5 nitrogen and oxygen atoms in total. The van der Waals surface area contributed by atoms with Gasteiger partial charge < -0.3 is 15.0 Å². The van der Waals surface area contributed by atoms with E-state index in [1.807, 2.05) is 19.1 Å². The first-order valence-electron chi connectivity index (χ1n) is 7.29. The lowest BCUT2D eigenvalue weighted by Gasteiger charge is -2.28. The summed E-state index contributed by atoms with van der Waals surface area (Å²) in [4.78, 5) is 2.32. The molecule has 1 heterocycles. The summed E-state index contributed by atoms with van der Waals surface area (Å²) in [5, 5.41) is 7.62. The molecule has 0 saturated carbocycles. The highest BCUT2D eigenvalue weighted by Gasteiger charge is 2.10. The molecule has 1 fully saturated rings. The fourth-order valence-corrected chi connectivity index (χ4v) is 2.15. The van der Waals surface area contributed by atoms with Crippen LogP contribution in [0.1, 0.15) is 12.5 Å². The molecule has 1 aliphatic heterocycles. The van der Waals surface area contributed by atoms with Crippen molar-refractivity contribution in [3.63, 3.8) is 0 Å². The molecule has 1 aromatic rings. The van der Waals surface area contributed by atoms with E-state index in [-0.39, 0.29) is 0 Å². The van der Waals surface area contributed by atoms with Crippen LogP contribution < -0.4 is 15.6 Å². The molecule has 0 bridgehead atoms. The van der Waals surface area contributed by atoms with Gasteiger partial charge in [-0.1, -0.05) is 24.3 Å². The lowest BCUT2D eigenvalue weighted by Crippen LogP contribution is -2.36. The summed E-state index contributed by atoms with van der Waals surface area (Å²) in [6.45, 7) is 9.86. The largest absolute Gasteiger partial charge is 0.378 e. The molecule has 0 radical (unpaired) electrons. The first kappa shape index (κ1) is 16.5. The van der Waals surface area contributed by atoms with Gasteiger partial charge in [-0.25, -0.2) is 0 Å². The van der Waals surface area contributed by atoms with Crippen LogP contribution in [0.15, 0.2) is 41.5 Å². The van der Waals surface area contributed by atoms with Crippen LogP contribution in [-0.2, 0) is 4.74 Å². The number of nitrogens with zero attached hydrogens (tertiary/aromatic N) is 2. The fraction of sp³-hybridized carbons (Fsp3) is 0.375. The number of nitrogens with one attached hydrogen (secondary N) is 2. The zero-order chi connectivity index (χ0) is 15.8. The average molecular weight is 318 g/mol. The van der Waals surface area contributed by atoms with Gasteiger partial charge in [0, 0.05) is 25.3 Å². The lowest BCUT2D eigenvalue weighted by atomic mass is 10.2. The Bertz CT molecular complexity index is 536. The third kappa shape index (κ3) is 5.46. The average Bonchev–Trinajstić information content (AvgIpc) is 2.54. The van der Waals surface area contributed by atoms with Crippen molar-refractivity contribution in [1.29, 1.82) is 0 Å². The van der Waals surface area contributed by atoms with Gasteiger partial charge in [-0.2, -0.15) is 5.10 Å². The maximum atomic E-state index is 5.36. The Hall–Kier alpha value is -1.92. The van der Waals surface area contributed by atoms with E-state index in [0.29, 0.717) is 11.7 Å². The van der Waals surface area contributed by atoms with Crippen LogP contribution in [0, 0.1) is 0 Å². The van der Waals surface area contributed by atoms with E-state index in [1.165, 1.54) is 5.69 Å². The van der Waals surface area contributed by atoms with Gasteiger partial charge in [0.1, 0.15) is 0 Å². The Morgan fingerprint density at radius 2 is 2.05 bits per heavy atom. The molecule has 1 aromatic carbocycles. The van der Waals surface area contributed by atoms with Crippen molar-refractivity contribution in [2.24, 2.45) is 5.10 Å². The summed E-state index contributed by atoms with van der Waals surface area (Å²) >= 11 is 5.10. The van der Waals surface area contributed by atoms with E-state index in [2.05, 4.69) is 39.5 Å². The molecule has 6 heteroatoms. The summed E-state index contributed by atoms with van der Waals surface area (Å²) in [6.07, 6.45) is 1.75. The Morgan fingerprint density at radius 3 is 2.68 bits per heavy atom. The molecule has 2 N–H and O–H groups in total. The van der Waals surface area contributed by atoms with Gasteiger partial charge in [0.25, 0.3) is 0 Å². The molecule has 118 valence electrons. The molecule has 0 aromatic heterocycles. The van der Waals surface area contributed by atoms with E-state index < -0.39 is 0 Å². The molecule has 0 aliphatic carbocycles. The van der Waals surface area contributed by atoms with Crippen molar-refractivity contribution in [2.45, 2.75) is 6.92 Å². The number of hydrogen-bond acceptors (Lipinski definition) is 4. The predicted octanol–water partition coefficient (Wildman–Crippen LogP) is 1.90. The molecule has 22 heavy (non-hydrogen) atoms. The minimum Gasteiger partial charge on any atom is -0.378 e. The second kappa shape index (κ2) is 8.51. The van der Waals surface area contributed by atoms with Gasteiger partial charge in [0.05, 0.1) is 19.4 Å². The highest BCUT2D eigenvalue weighted by molar-refractivity contribution is 7.80. The smallest absolute Gasteiger partial charge is 0.187 e. The van der Waals surface area contributed by atoms with Gasteiger partial charge in [0.2, 0.25) is 0 Å². The second-order valence-corrected chi connectivity index (χ2v) is 5.61.